The summed E-state index contributed by atoms with van der Waals surface area (Å²) in [6.07, 6.45) is 1.98. The zero-order chi connectivity index (χ0) is 12.5. The molecule has 2 N–H and O–H groups in total. The SMILES string of the molecule is COc1nc(C)c2[nH]cc(C3CNCCO3)c2n1. The molecule has 0 amide bonds. The molecule has 0 spiro atoms. The average Bonchev–Trinajstić information content (AvgIpc) is 2.84. The van der Waals surface area contributed by atoms with Crippen LogP contribution in [0.4, 0.5) is 0 Å². The minimum absolute atomic E-state index is 0.0338. The van der Waals surface area contributed by atoms with Gasteiger partial charge in [0.2, 0.25) is 0 Å². The van der Waals surface area contributed by atoms with E-state index in [4.69, 9.17) is 9.47 Å². The summed E-state index contributed by atoms with van der Waals surface area (Å²) in [5.41, 5.74) is 3.76. The molecule has 3 heterocycles. The topological polar surface area (TPSA) is 72.1 Å². The molecule has 0 aliphatic carbocycles. The first-order valence-electron chi connectivity index (χ1n) is 6.01. The molecule has 6 heteroatoms. The van der Waals surface area contributed by atoms with Crippen molar-refractivity contribution in [2.24, 2.45) is 0 Å². The lowest BCUT2D eigenvalue weighted by Gasteiger charge is -2.23. The Morgan fingerprint density at radius 1 is 1.44 bits per heavy atom. The smallest absolute Gasteiger partial charge is 0.317 e. The molecular weight excluding hydrogens is 232 g/mol. The molecule has 3 rings (SSSR count). The Labute approximate surface area is 105 Å². The number of aryl methyl sites for hydroxylation is 1. The summed E-state index contributed by atoms with van der Waals surface area (Å²) >= 11 is 0. The lowest BCUT2D eigenvalue weighted by atomic mass is 10.1. The summed E-state index contributed by atoms with van der Waals surface area (Å²) in [4.78, 5) is 11.9. The molecule has 1 unspecified atom stereocenters. The normalized spacial score (nSPS) is 20.2. The van der Waals surface area contributed by atoms with Crippen molar-refractivity contribution in [2.45, 2.75) is 13.0 Å². The number of nitrogens with one attached hydrogen (secondary N) is 2. The van der Waals surface area contributed by atoms with Crippen molar-refractivity contribution in [3.63, 3.8) is 0 Å². The molecule has 0 bridgehead atoms. The third-order valence-electron chi connectivity index (χ3n) is 3.17. The maximum absolute atomic E-state index is 5.76. The zero-order valence-electron chi connectivity index (χ0n) is 10.5. The number of fused-ring (bicyclic) bond motifs is 1. The monoisotopic (exact) mass is 248 g/mol. The van der Waals surface area contributed by atoms with Gasteiger partial charge in [-0.3, -0.25) is 0 Å². The van der Waals surface area contributed by atoms with Gasteiger partial charge in [-0.05, 0) is 6.92 Å². The largest absolute Gasteiger partial charge is 0.467 e. The van der Waals surface area contributed by atoms with Crippen molar-refractivity contribution in [3.05, 3.63) is 17.5 Å². The van der Waals surface area contributed by atoms with Crippen LogP contribution < -0.4 is 10.1 Å². The zero-order valence-corrected chi connectivity index (χ0v) is 10.5. The predicted octanol–water partition coefficient (Wildman–Crippen LogP) is 0.936. The molecule has 0 aromatic carbocycles. The highest BCUT2D eigenvalue weighted by molar-refractivity contribution is 5.81. The second-order valence-electron chi connectivity index (χ2n) is 4.33. The van der Waals surface area contributed by atoms with E-state index in [-0.39, 0.29) is 6.10 Å². The maximum atomic E-state index is 5.76. The Hall–Kier alpha value is -1.66. The summed E-state index contributed by atoms with van der Waals surface area (Å²) in [6.45, 7) is 4.36. The third kappa shape index (κ3) is 1.83. The van der Waals surface area contributed by atoms with Crippen molar-refractivity contribution >= 4 is 11.0 Å². The molecule has 0 radical (unpaired) electrons. The fourth-order valence-corrected chi connectivity index (χ4v) is 2.25. The number of nitrogens with zero attached hydrogens (tertiary/aromatic N) is 2. The number of aromatic amines is 1. The fraction of sp³-hybridized carbons (Fsp3) is 0.500. The van der Waals surface area contributed by atoms with Crippen LogP contribution in [0.3, 0.4) is 0 Å². The first kappa shape index (κ1) is 11.4. The first-order valence-corrected chi connectivity index (χ1v) is 6.01. The van der Waals surface area contributed by atoms with E-state index in [1.807, 2.05) is 13.1 Å². The van der Waals surface area contributed by atoms with Gasteiger partial charge in [-0.25, -0.2) is 0 Å². The first-order chi connectivity index (χ1) is 8.79. The van der Waals surface area contributed by atoms with Crippen LogP contribution >= 0.6 is 0 Å². The summed E-state index contributed by atoms with van der Waals surface area (Å²) in [5.74, 6) is 0. The van der Waals surface area contributed by atoms with Gasteiger partial charge < -0.3 is 19.8 Å². The van der Waals surface area contributed by atoms with Crippen LogP contribution in [0.1, 0.15) is 17.4 Å². The van der Waals surface area contributed by atoms with E-state index >= 15 is 0 Å². The van der Waals surface area contributed by atoms with Gasteiger partial charge in [0.15, 0.2) is 0 Å². The van der Waals surface area contributed by atoms with Gasteiger partial charge in [-0.1, -0.05) is 0 Å². The fourth-order valence-electron chi connectivity index (χ4n) is 2.25. The van der Waals surface area contributed by atoms with E-state index in [1.165, 1.54) is 0 Å². The Morgan fingerprint density at radius 3 is 3.06 bits per heavy atom. The number of hydrogen-bond donors (Lipinski definition) is 2. The Balaban J connectivity index is 2.09. The minimum Gasteiger partial charge on any atom is -0.467 e. The van der Waals surface area contributed by atoms with Gasteiger partial charge in [-0.15, -0.1) is 0 Å². The second-order valence-corrected chi connectivity index (χ2v) is 4.33. The van der Waals surface area contributed by atoms with Crippen LogP contribution in [0.5, 0.6) is 6.01 Å². The second kappa shape index (κ2) is 4.55. The standard InChI is InChI=1S/C12H16N4O2/c1-7-10-11(16-12(15-7)17-2)8(5-14-10)9-6-13-3-4-18-9/h5,9,13-14H,3-4,6H2,1-2H3. The van der Waals surface area contributed by atoms with Crippen molar-refractivity contribution in [3.8, 4) is 6.01 Å². The summed E-state index contributed by atoms with van der Waals surface area (Å²) < 4.78 is 10.9. The molecular formula is C12H16N4O2. The number of aromatic nitrogens is 3. The van der Waals surface area contributed by atoms with Gasteiger partial charge in [0, 0.05) is 24.8 Å². The minimum atomic E-state index is 0.0338. The quantitative estimate of drug-likeness (QED) is 0.827. The molecule has 1 atom stereocenters. The molecule has 2 aromatic rings. The highest BCUT2D eigenvalue weighted by Gasteiger charge is 2.21. The molecule has 0 saturated carbocycles. The molecule has 1 aliphatic heterocycles. The summed E-state index contributed by atoms with van der Waals surface area (Å²) in [6, 6.07) is 0.393. The van der Waals surface area contributed by atoms with Crippen molar-refractivity contribution < 1.29 is 9.47 Å². The number of rotatable bonds is 2. The number of ether oxygens (including phenoxy) is 2. The molecule has 1 saturated heterocycles. The van der Waals surface area contributed by atoms with Gasteiger partial charge in [0.25, 0.3) is 0 Å². The van der Waals surface area contributed by atoms with Crippen molar-refractivity contribution in [1.82, 2.24) is 20.3 Å². The lowest BCUT2D eigenvalue weighted by molar-refractivity contribution is 0.0285. The Bertz CT molecular complexity index is 560. The highest BCUT2D eigenvalue weighted by Crippen LogP contribution is 2.28. The van der Waals surface area contributed by atoms with Crippen LogP contribution in [0.25, 0.3) is 11.0 Å². The molecule has 2 aromatic heterocycles. The number of morpholine rings is 1. The molecule has 18 heavy (non-hydrogen) atoms. The molecule has 96 valence electrons. The maximum Gasteiger partial charge on any atom is 0.317 e. The lowest BCUT2D eigenvalue weighted by Crippen LogP contribution is -2.33. The number of methoxy groups -OCH3 is 1. The van der Waals surface area contributed by atoms with Gasteiger partial charge in [0.1, 0.15) is 5.52 Å². The van der Waals surface area contributed by atoms with Crippen LogP contribution in [0, 0.1) is 6.92 Å². The van der Waals surface area contributed by atoms with E-state index in [0.717, 1.165) is 42.0 Å². The van der Waals surface area contributed by atoms with Gasteiger partial charge >= 0.3 is 6.01 Å². The highest BCUT2D eigenvalue weighted by atomic mass is 16.5. The molecule has 1 aliphatic rings. The number of H-pyrrole nitrogens is 1. The third-order valence-corrected chi connectivity index (χ3v) is 3.17. The van der Waals surface area contributed by atoms with E-state index in [2.05, 4.69) is 20.3 Å². The van der Waals surface area contributed by atoms with E-state index in [9.17, 15) is 0 Å². The van der Waals surface area contributed by atoms with Crippen molar-refractivity contribution in [1.29, 1.82) is 0 Å². The Morgan fingerprint density at radius 2 is 2.33 bits per heavy atom. The summed E-state index contributed by atoms with van der Waals surface area (Å²) in [5, 5.41) is 3.32. The Kier molecular flexibility index (Phi) is 2.89. The van der Waals surface area contributed by atoms with Crippen LogP contribution in [-0.2, 0) is 4.74 Å². The average molecular weight is 248 g/mol. The van der Waals surface area contributed by atoms with E-state index in [0.29, 0.717) is 6.01 Å². The van der Waals surface area contributed by atoms with Crippen LogP contribution in [0.2, 0.25) is 0 Å². The van der Waals surface area contributed by atoms with E-state index < -0.39 is 0 Å². The van der Waals surface area contributed by atoms with Gasteiger partial charge in [-0.2, -0.15) is 9.97 Å². The number of hydrogen-bond acceptors (Lipinski definition) is 5. The predicted molar refractivity (Wildman–Crippen MR) is 66.7 cm³/mol. The molecule has 1 fully saturated rings. The van der Waals surface area contributed by atoms with Crippen LogP contribution in [-0.4, -0.2) is 41.8 Å². The van der Waals surface area contributed by atoms with Gasteiger partial charge in [0.05, 0.1) is 31.0 Å². The van der Waals surface area contributed by atoms with Crippen LogP contribution in [0.15, 0.2) is 6.20 Å². The summed E-state index contributed by atoms with van der Waals surface area (Å²) in [7, 11) is 1.57. The van der Waals surface area contributed by atoms with E-state index in [1.54, 1.807) is 7.11 Å². The van der Waals surface area contributed by atoms with Crippen molar-refractivity contribution in [2.75, 3.05) is 26.8 Å². The molecule has 6 nitrogen and oxygen atoms in total.